The quantitative estimate of drug-likeness (QED) is 0.711. The Kier molecular flexibility index (Phi) is 7.69. The Balaban J connectivity index is 2.84. The number of methoxy groups -OCH3 is 1. The third kappa shape index (κ3) is 6.13. The number of benzene rings is 1. The Bertz CT molecular complexity index is 626. The van der Waals surface area contributed by atoms with Crippen molar-refractivity contribution in [1.82, 2.24) is 10.0 Å². The largest absolute Gasteiger partial charge is 0.497 e. The van der Waals surface area contributed by atoms with Gasteiger partial charge in [0.2, 0.25) is 15.9 Å². The minimum Gasteiger partial charge on any atom is -0.497 e. The van der Waals surface area contributed by atoms with Crippen LogP contribution in [-0.2, 0) is 14.8 Å². The van der Waals surface area contributed by atoms with Crippen molar-refractivity contribution in [3.05, 3.63) is 24.3 Å². The first-order valence-corrected chi connectivity index (χ1v) is 9.63. The van der Waals surface area contributed by atoms with Crippen LogP contribution in [0.15, 0.2) is 29.2 Å². The van der Waals surface area contributed by atoms with E-state index in [4.69, 9.17) is 4.74 Å². The first kappa shape index (κ1) is 20.4. The van der Waals surface area contributed by atoms with Gasteiger partial charge in [-0.3, -0.25) is 4.79 Å². The molecule has 0 radical (unpaired) electrons. The van der Waals surface area contributed by atoms with Crippen LogP contribution in [-0.4, -0.2) is 33.5 Å². The van der Waals surface area contributed by atoms with Gasteiger partial charge in [0.15, 0.2) is 0 Å². The molecule has 7 heteroatoms. The summed E-state index contributed by atoms with van der Waals surface area (Å²) in [6.07, 6.45) is 0.938. The number of hydrogen-bond donors (Lipinski definition) is 2. The lowest BCUT2D eigenvalue weighted by Gasteiger charge is -2.23. The van der Waals surface area contributed by atoms with E-state index < -0.39 is 16.1 Å². The molecule has 1 aromatic carbocycles. The molecule has 0 heterocycles. The van der Waals surface area contributed by atoms with E-state index in [1.807, 2.05) is 27.7 Å². The van der Waals surface area contributed by atoms with Crippen molar-refractivity contribution >= 4 is 15.9 Å². The van der Waals surface area contributed by atoms with Crippen molar-refractivity contribution < 1.29 is 17.9 Å². The maximum Gasteiger partial charge on any atom is 0.240 e. The fourth-order valence-corrected chi connectivity index (χ4v) is 3.46. The Morgan fingerprint density at radius 3 is 2.21 bits per heavy atom. The Morgan fingerprint density at radius 1 is 1.17 bits per heavy atom. The highest BCUT2D eigenvalue weighted by Gasteiger charge is 2.25. The first-order chi connectivity index (χ1) is 11.2. The van der Waals surface area contributed by atoms with Crippen molar-refractivity contribution in [2.45, 2.75) is 57.5 Å². The molecule has 0 saturated carbocycles. The molecule has 0 aromatic heterocycles. The number of nitrogens with one attached hydrogen (secondary N) is 2. The molecule has 24 heavy (non-hydrogen) atoms. The third-order valence-corrected chi connectivity index (χ3v) is 5.41. The summed E-state index contributed by atoms with van der Waals surface area (Å²) < 4.78 is 32.7. The van der Waals surface area contributed by atoms with E-state index >= 15 is 0 Å². The van der Waals surface area contributed by atoms with Gasteiger partial charge in [0.1, 0.15) is 5.75 Å². The molecule has 0 aliphatic carbocycles. The number of carbonyl (C=O) groups excluding carboxylic acids is 1. The Hall–Kier alpha value is -1.60. The monoisotopic (exact) mass is 356 g/mol. The topological polar surface area (TPSA) is 84.5 Å². The molecule has 1 amide bonds. The molecule has 6 nitrogen and oxygen atoms in total. The second-order valence-electron chi connectivity index (χ2n) is 6.23. The molecule has 0 saturated heterocycles. The molecule has 2 N–H and O–H groups in total. The Labute approximate surface area is 145 Å². The number of ether oxygens (including phenoxy) is 1. The van der Waals surface area contributed by atoms with E-state index in [0.29, 0.717) is 5.75 Å². The fourth-order valence-electron chi connectivity index (χ4n) is 2.07. The molecule has 2 unspecified atom stereocenters. The van der Waals surface area contributed by atoms with Crippen LogP contribution < -0.4 is 14.8 Å². The summed E-state index contributed by atoms with van der Waals surface area (Å²) in [6.45, 7) is 7.68. The normalized spacial score (nSPS) is 14.2. The molecule has 0 aliphatic heterocycles. The summed E-state index contributed by atoms with van der Waals surface area (Å²) in [5, 5.41) is 2.87. The predicted octanol–water partition coefficient (Wildman–Crippen LogP) is 2.30. The summed E-state index contributed by atoms with van der Waals surface area (Å²) >= 11 is 0. The molecule has 0 spiro atoms. The highest BCUT2D eigenvalue weighted by Crippen LogP contribution is 2.17. The van der Waals surface area contributed by atoms with Gasteiger partial charge in [0.25, 0.3) is 0 Å². The third-order valence-electron chi connectivity index (χ3n) is 3.91. The molecular formula is C17H28N2O4S. The van der Waals surface area contributed by atoms with Crippen molar-refractivity contribution in [1.29, 1.82) is 0 Å². The maximum atomic E-state index is 12.5. The standard InChI is InChI=1S/C17H28N2O4S/c1-6-13(4)18-17(20)11-16(12(2)3)19-24(21,22)15-9-7-14(23-5)8-10-15/h7-10,12-13,16,19H,6,11H2,1-5H3,(H,18,20). The van der Waals surface area contributed by atoms with Crippen molar-refractivity contribution in [2.75, 3.05) is 7.11 Å². The smallest absolute Gasteiger partial charge is 0.240 e. The number of rotatable bonds is 9. The lowest BCUT2D eigenvalue weighted by atomic mass is 10.0. The SMILES string of the molecule is CCC(C)NC(=O)CC(NS(=O)(=O)c1ccc(OC)cc1)C(C)C. The van der Waals surface area contributed by atoms with Crippen molar-refractivity contribution in [3.8, 4) is 5.75 Å². The summed E-state index contributed by atoms with van der Waals surface area (Å²) in [6, 6.07) is 5.75. The number of sulfonamides is 1. The molecule has 0 bridgehead atoms. The Morgan fingerprint density at radius 2 is 1.75 bits per heavy atom. The van der Waals surface area contributed by atoms with Crippen molar-refractivity contribution in [2.24, 2.45) is 5.92 Å². The summed E-state index contributed by atoms with van der Waals surface area (Å²) in [4.78, 5) is 12.2. The molecule has 1 aromatic rings. The predicted molar refractivity (Wildman–Crippen MR) is 94.5 cm³/mol. The van der Waals surface area contributed by atoms with E-state index in [2.05, 4.69) is 10.0 Å². The zero-order valence-electron chi connectivity index (χ0n) is 15.0. The second kappa shape index (κ2) is 9.03. The van der Waals surface area contributed by atoms with Gasteiger partial charge >= 0.3 is 0 Å². The number of carbonyl (C=O) groups is 1. The van der Waals surface area contributed by atoms with E-state index in [0.717, 1.165) is 6.42 Å². The van der Waals surface area contributed by atoms with Crippen LogP contribution in [0.4, 0.5) is 0 Å². The van der Waals surface area contributed by atoms with Crippen LogP contribution in [0.1, 0.15) is 40.5 Å². The molecular weight excluding hydrogens is 328 g/mol. The van der Waals surface area contributed by atoms with Gasteiger partial charge in [-0.05, 0) is 43.5 Å². The zero-order chi connectivity index (χ0) is 18.3. The van der Waals surface area contributed by atoms with Gasteiger partial charge in [-0.25, -0.2) is 13.1 Å². The minimum absolute atomic E-state index is 0.0132. The van der Waals surface area contributed by atoms with E-state index in [9.17, 15) is 13.2 Å². The van der Waals surface area contributed by atoms with Gasteiger partial charge in [-0.2, -0.15) is 0 Å². The first-order valence-electron chi connectivity index (χ1n) is 8.15. The van der Waals surface area contributed by atoms with Gasteiger partial charge in [-0.15, -0.1) is 0 Å². The van der Waals surface area contributed by atoms with Crippen molar-refractivity contribution in [3.63, 3.8) is 0 Å². The molecule has 0 fully saturated rings. The fraction of sp³-hybridized carbons (Fsp3) is 0.588. The summed E-state index contributed by atoms with van der Waals surface area (Å²) in [7, 11) is -2.17. The number of amides is 1. The zero-order valence-corrected chi connectivity index (χ0v) is 15.8. The second-order valence-corrected chi connectivity index (χ2v) is 7.94. The van der Waals surface area contributed by atoms with Crippen LogP contribution in [0.25, 0.3) is 0 Å². The van der Waals surface area contributed by atoms with Gasteiger partial charge in [0.05, 0.1) is 12.0 Å². The van der Waals surface area contributed by atoms with E-state index in [1.165, 1.54) is 19.2 Å². The molecule has 0 aliphatic rings. The highest BCUT2D eigenvalue weighted by atomic mass is 32.2. The average Bonchev–Trinajstić information content (AvgIpc) is 2.53. The minimum atomic E-state index is -3.69. The van der Waals surface area contributed by atoms with Gasteiger partial charge in [0, 0.05) is 18.5 Å². The number of hydrogen-bond acceptors (Lipinski definition) is 4. The lowest BCUT2D eigenvalue weighted by molar-refractivity contribution is -0.122. The summed E-state index contributed by atoms with van der Waals surface area (Å²) in [5.74, 6) is 0.420. The van der Waals surface area contributed by atoms with E-state index in [-0.39, 0.29) is 29.2 Å². The van der Waals surface area contributed by atoms with Crippen LogP contribution in [0.5, 0.6) is 5.75 Å². The highest BCUT2D eigenvalue weighted by molar-refractivity contribution is 7.89. The summed E-state index contributed by atoms with van der Waals surface area (Å²) in [5.41, 5.74) is 0. The van der Waals surface area contributed by atoms with Gasteiger partial charge < -0.3 is 10.1 Å². The molecule has 136 valence electrons. The van der Waals surface area contributed by atoms with Gasteiger partial charge in [-0.1, -0.05) is 20.8 Å². The lowest BCUT2D eigenvalue weighted by Crippen LogP contribution is -2.43. The van der Waals surface area contributed by atoms with Crippen LogP contribution in [0, 0.1) is 5.92 Å². The molecule has 1 rings (SSSR count). The molecule has 2 atom stereocenters. The van der Waals surface area contributed by atoms with Crippen LogP contribution >= 0.6 is 0 Å². The van der Waals surface area contributed by atoms with Crippen LogP contribution in [0.3, 0.4) is 0 Å². The maximum absolute atomic E-state index is 12.5. The van der Waals surface area contributed by atoms with E-state index in [1.54, 1.807) is 12.1 Å². The average molecular weight is 356 g/mol. The van der Waals surface area contributed by atoms with Crippen LogP contribution in [0.2, 0.25) is 0 Å².